The second kappa shape index (κ2) is 7.22. The first kappa shape index (κ1) is 16.1. The molecule has 0 fully saturated rings. The summed E-state index contributed by atoms with van der Waals surface area (Å²) < 4.78 is 38.9. The standard InChI is InChI=1S/C15H10ClF2N3O3/c16-9-1-2-11(12-6-20-14(7-19-12)24-15(17)18)13(5-9)22-8-10-3-4-23-21-10/h1-7,15H,8H2. The summed E-state index contributed by atoms with van der Waals surface area (Å²) in [6, 6.07) is 6.63. The van der Waals surface area contributed by atoms with Crippen LogP contribution < -0.4 is 9.47 Å². The van der Waals surface area contributed by atoms with Gasteiger partial charge in [-0.25, -0.2) is 9.97 Å². The molecule has 3 rings (SSSR count). The fourth-order valence-electron chi connectivity index (χ4n) is 1.90. The van der Waals surface area contributed by atoms with Crippen LogP contribution in [0.5, 0.6) is 11.6 Å². The Morgan fingerprint density at radius 3 is 2.71 bits per heavy atom. The van der Waals surface area contributed by atoms with Crippen LogP contribution in [0.1, 0.15) is 5.69 Å². The molecule has 0 unspecified atom stereocenters. The van der Waals surface area contributed by atoms with Crippen molar-refractivity contribution in [1.82, 2.24) is 15.1 Å². The summed E-state index contributed by atoms with van der Waals surface area (Å²) in [5, 5.41) is 4.22. The van der Waals surface area contributed by atoms with Gasteiger partial charge in [0.05, 0.1) is 18.1 Å². The second-order valence-electron chi connectivity index (χ2n) is 4.54. The first-order valence-corrected chi connectivity index (χ1v) is 7.08. The van der Waals surface area contributed by atoms with Gasteiger partial charge in [0.15, 0.2) is 0 Å². The van der Waals surface area contributed by atoms with Crippen molar-refractivity contribution in [2.45, 2.75) is 13.2 Å². The monoisotopic (exact) mass is 353 g/mol. The summed E-state index contributed by atoms with van der Waals surface area (Å²) >= 11 is 5.99. The molecular formula is C15H10ClF2N3O3. The van der Waals surface area contributed by atoms with Gasteiger partial charge in [0.25, 0.3) is 0 Å². The molecule has 2 aromatic heterocycles. The maximum atomic E-state index is 12.1. The van der Waals surface area contributed by atoms with Gasteiger partial charge in [-0.3, -0.25) is 0 Å². The molecule has 0 saturated carbocycles. The van der Waals surface area contributed by atoms with Crippen molar-refractivity contribution in [3.63, 3.8) is 0 Å². The maximum Gasteiger partial charge on any atom is 0.388 e. The van der Waals surface area contributed by atoms with Crippen LogP contribution in [-0.4, -0.2) is 21.7 Å². The van der Waals surface area contributed by atoms with Crippen molar-refractivity contribution >= 4 is 11.6 Å². The maximum absolute atomic E-state index is 12.1. The number of nitrogens with zero attached hydrogens (tertiary/aromatic N) is 3. The lowest BCUT2D eigenvalue weighted by atomic mass is 10.1. The minimum Gasteiger partial charge on any atom is -0.486 e. The van der Waals surface area contributed by atoms with Crippen molar-refractivity contribution < 1.29 is 22.8 Å². The van der Waals surface area contributed by atoms with Gasteiger partial charge in [0, 0.05) is 16.7 Å². The van der Waals surface area contributed by atoms with Crippen molar-refractivity contribution in [2.24, 2.45) is 0 Å². The molecule has 24 heavy (non-hydrogen) atoms. The molecule has 0 aliphatic carbocycles. The molecule has 0 atom stereocenters. The average molecular weight is 354 g/mol. The highest BCUT2D eigenvalue weighted by Crippen LogP contribution is 2.32. The highest BCUT2D eigenvalue weighted by atomic mass is 35.5. The number of hydrogen-bond donors (Lipinski definition) is 0. The number of rotatable bonds is 6. The summed E-state index contributed by atoms with van der Waals surface area (Å²) in [7, 11) is 0. The number of aromatic nitrogens is 3. The number of ether oxygens (including phenoxy) is 2. The summed E-state index contributed by atoms with van der Waals surface area (Å²) in [6.45, 7) is -2.79. The number of benzene rings is 1. The van der Waals surface area contributed by atoms with E-state index in [1.807, 2.05) is 0 Å². The van der Waals surface area contributed by atoms with E-state index in [0.29, 0.717) is 27.7 Å². The lowest BCUT2D eigenvalue weighted by molar-refractivity contribution is -0.0530. The number of alkyl halides is 2. The normalized spacial score (nSPS) is 10.8. The topological polar surface area (TPSA) is 70.3 Å². The van der Waals surface area contributed by atoms with E-state index < -0.39 is 6.61 Å². The molecule has 0 saturated heterocycles. The zero-order chi connectivity index (χ0) is 16.9. The molecule has 0 aliphatic heterocycles. The molecule has 0 radical (unpaired) electrons. The Morgan fingerprint density at radius 1 is 1.17 bits per heavy atom. The highest BCUT2D eigenvalue weighted by molar-refractivity contribution is 6.30. The Bertz CT molecular complexity index is 798. The summed E-state index contributed by atoms with van der Waals surface area (Å²) in [6.07, 6.45) is 3.85. The van der Waals surface area contributed by atoms with Crippen LogP contribution >= 0.6 is 11.6 Å². The quantitative estimate of drug-likeness (QED) is 0.668. The molecule has 0 N–H and O–H groups in total. The lowest BCUT2D eigenvalue weighted by Crippen LogP contribution is -2.04. The predicted octanol–water partition coefficient (Wildman–Crippen LogP) is 3.97. The zero-order valence-corrected chi connectivity index (χ0v) is 12.8. The Balaban J connectivity index is 1.84. The van der Waals surface area contributed by atoms with Gasteiger partial charge < -0.3 is 14.0 Å². The third-order valence-corrected chi connectivity index (χ3v) is 3.16. The van der Waals surface area contributed by atoms with Crippen LogP contribution in [0.15, 0.2) is 47.4 Å². The van der Waals surface area contributed by atoms with Crippen LogP contribution in [-0.2, 0) is 6.61 Å². The summed E-state index contributed by atoms with van der Waals surface area (Å²) in [4.78, 5) is 7.85. The minimum absolute atomic E-state index is 0.170. The third-order valence-electron chi connectivity index (χ3n) is 2.92. The van der Waals surface area contributed by atoms with Gasteiger partial charge in [0.2, 0.25) is 5.88 Å². The van der Waals surface area contributed by atoms with E-state index in [-0.39, 0.29) is 12.5 Å². The van der Waals surface area contributed by atoms with Crippen LogP contribution in [0.25, 0.3) is 11.3 Å². The molecule has 124 valence electrons. The van der Waals surface area contributed by atoms with Gasteiger partial charge in [-0.05, 0) is 18.2 Å². The van der Waals surface area contributed by atoms with E-state index in [4.69, 9.17) is 20.9 Å². The van der Waals surface area contributed by atoms with Crippen molar-refractivity contribution in [1.29, 1.82) is 0 Å². The minimum atomic E-state index is -2.96. The number of halogens is 3. The van der Waals surface area contributed by atoms with Gasteiger partial charge in [0.1, 0.15) is 24.3 Å². The molecule has 6 nitrogen and oxygen atoms in total. The van der Waals surface area contributed by atoms with E-state index in [0.717, 1.165) is 6.20 Å². The molecule has 2 heterocycles. The smallest absolute Gasteiger partial charge is 0.388 e. The van der Waals surface area contributed by atoms with E-state index in [1.165, 1.54) is 12.5 Å². The molecule has 1 aromatic carbocycles. The Morgan fingerprint density at radius 2 is 2.04 bits per heavy atom. The fraction of sp³-hybridized carbons (Fsp3) is 0.133. The van der Waals surface area contributed by atoms with Gasteiger partial charge in [-0.2, -0.15) is 8.78 Å². The Kier molecular flexibility index (Phi) is 4.85. The SMILES string of the molecule is FC(F)Oc1cnc(-c2ccc(Cl)cc2OCc2ccon2)cn1. The zero-order valence-electron chi connectivity index (χ0n) is 12.0. The Hall–Kier alpha value is -2.74. The Labute approximate surface area is 140 Å². The van der Waals surface area contributed by atoms with E-state index in [9.17, 15) is 8.78 Å². The van der Waals surface area contributed by atoms with Crippen molar-refractivity contribution in [3.05, 3.63) is 53.6 Å². The average Bonchev–Trinajstić information content (AvgIpc) is 3.07. The van der Waals surface area contributed by atoms with Gasteiger partial charge in [-0.1, -0.05) is 16.8 Å². The van der Waals surface area contributed by atoms with Crippen LogP contribution in [0.4, 0.5) is 8.78 Å². The van der Waals surface area contributed by atoms with E-state index in [2.05, 4.69) is 19.9 Å². The van der Waals surface area contributed by atoms with E-state index >= 15 is 0 Å². The molecule has 9 heteroatoms. The molecule has 0 spiro atoms. The van der Waals surface area contributed by atoms with Gasteiger partial charge >= 0.3 is 6.61 Å². The molecule has 0 aliphatic rings. The predicted molar refractivity (Wildman–Crippen MR) is 79.9 cm³/mol. The first-order valence-electron chi connectivity index (χ1n) is 6.70. The van der Waals surface area contributed by atoms with Crippen LogP contribution in [0, 0.1) is 0 Å². The van der Waals surface area contributed by atoms with Crippen molar-refractivity contribution in [2.75, 3.05) is 0 Å². The van der Waals surface area contributed by atoms with Gasteiger partial charge in [-0.15, -0.1) is 0 Å². The van der Waals surface area contributed by atoms with Crippen LogP contribution in [0.3, 0.4) is 0 Å². The second-order valence-corrected chi connectivity index (χ2v) is 4.97. The molecule has 3 aromatic rings. The summed E-state index contributed by atoms with van der Waals surface area (Å²) in [5.74, 6) is 0.176. The third kappa shape index (κ3) is 3.96. The molecular weight excluding hydrogens is 344 g/mol. The summed E-state index contributed by atoms with van der Waals surface area (Å²) in [5.41, 5.74) is 1.62. The molecule has 0 bridgehead atoms. The van der Waals surface area contributed by atoms with E-state index in [1.54, 1.807) is 24.3 Å². The lowest BCUT2D eigenvalue weighted by Gasteiger charge is -2.11. The van der Waals surface area contributed by atoms with Crippen molar-refractivity contribution in [3.8, 4) is 22.9 Å². The highest BCUT2D eigenvalue weighted by Gasteiger charge is 2.12. The largest absolute Gasteiger partial charge is 0.486 e. The molecule has 0 amide bonds. The first-order chi connectivity index (χ1) is 11.6. The number of hydrogen-bond acceptors (Lipinski definition) is 6. The van der Waals surface area contributed by atoms with Crippen LogP contribution in [0.2, 0.25) is 5.02 Å². The fourth-order valence-corrected chi connectivity index (χ4v) is 2.06.